The van der Waals surface area contributed by atoms with E-state index in [9.17, 15) is 14.9 Å². The zero-order valence-electron chi connectivity index (χ0n) is 16.4. The molecule has 0 aromatic heterocycles. The summed E-state index contributed by atoms with van der Waals surface area (Å²) in [7, 11) is 0. The van der Waals surface area contributed by atoms with E-state index in [0.29, 0.717) is 11.1 Å². The summed E-state index contributed by atoms with van der Waals surface area (Å²) in [6, 6.07) is 15.2. The first-order chi connectivity index (χ1) is 14.0. The van der Waals surface area contributed by atoms with E-state index in [1.807, 2.05) is 48.4 Å². The predicted octanol–water partition coefficient (Wildman–Crippen LogP) is 4.71. The van der Waals surface area contributed by atoms with Gasteiger partial charge in [-0.2, -0.15) is 0 Å². The maximum Gasteiger partial charge on any atom is 0.338 e. The molecule has 0 N–H and O–H groups in total. The predicted molar refractivity (Wildman–Crippen MR) is 115 cm³/mol. The Hall–Kier alpha value is -3.13. The Labute approximate surface area is 173 Å². The van der Waals surface area contributed by atoms with E-state index < -0.39 is 16.9 Å². The molecule has 1 heterocycles. The van der Waals surface area contributed by atoms with Crippen molar-refractivity contribution in [1.29, 1.82) is 0 Å². The molecule has 2 aromatic rings. The third-order valence-corrected chi connectivity index (χ3v) is 5.19. The summed E-state index contributed by atoms with van der Waals surface area (Å²) in [6.45, 7) is 3.86. The van der Waals surface area contributed by atoms with E-state index in [2.05, 4.69) is 0 Å². The molecule has 1 atom stereocenters. The summed E-state index contributed by atoms with van der Waals surface area (Å²) in [6.07, 6.45) is 1.92. The van der Waals surface area contributed by atoms with Crippen LogP contribution < -0.4 is 4.90 Å². The van der Waals surface area contributed by atoms with Crippen LogP contribution in [0.3, 0.4) is 0 Å². The van der Waals surface area contributed by atoms with Crippen LogP contribution in [0.15, 0.2) is 70.9 Å². The molecular weight excluding hydrogens is 390 g/mol. The summed E-state index contributed by atoms with van der Waals surface area (Å²) >= 11 is 1.47. The van der Waals surface area contributed by atoms with Crippen molar-refractivity contribution in [3.8, 4) is 0 Å². The number of ether oxygens (including phenoxy) is 1. The van der Waals surface area contributed by atoms with Crippen LogP contribution in [0.25, 0.3) is 0 Å². The molecule has 1 unspecified atom stereocenters. The Balaban J connectivity index is 2.14. The summed E-state index contributed by atoms with van der Waals surface area (Å²) < 4.78 is 5.31. The quantitative estimate of drug-likeness (QED) is 0.402. The molecule has 7 nitrogen and oxygen atoms in total. The fraction of sp³-hybridized carbons (Fsp3) is 0.238. The van der Waals surface area contributed by atoms with Crippen molar-refractivity contribution in [2.24, 2.45) is 4.99 Å². The molecule has 0 radical (unpaired) electrons. The first kappa shape index (κ1) is 20.6. The topological polar surface area (TPSA) is 85.0 Å². The number of amidine groups is 1. The minimum atomic E-state index is -0.600. The van der Waals surface area contributed by atoms with Gasteiger partial charge in [-0.3, -0.25) is 15.0 Å². The van der Waals surface area contributed by atoms with Gasteiger partial charge in [-0.1, -0.05) is 30.0 Å². The van der Waals surface area contributed by atoms with E-state index >= 15 is 0 Å². The molecule has 150 valence electrons. The first-order valence-corrected chi connectivity index (χ1v) is 10.3. The normalized spacial score (nSPS) is 16.4. The van der Waals surface area contributed by atoms with Crippen molar-refractivity contribution in [2.75, 3.05) is 17.8 Å². The lowest BCUT2D eigenvalue weighted by Gasteiger charge is -2.34. The number of nitro benzene ring substituents is 1. The standard InChI is InChI=1S/C21H21N3O4S/c1-4-28-20(25)18-14(2)23(16-8-6-5-7-9-16)21(29-3)22-19(18)15-10-12-17(13-11-15)24(26)27/h5-13,19H,4H2,1-3H3. The number of nitrogens with zero attached hydrogens (tertiary/aromatic N) is 3. The number of carbonyl (C=O) groups is 1. The second kappa shape index (κ2) is 8.91. The Bertz CT molecular complexity index is 971. The summed E-state index contributed by atoms with van der Waals surface area (Å²) in [5.74, 6) is -0.446. The van der Waals surface area contributed by atoms with Gasteiger partial charge in [0.2, 0.25) is 0 Å². The highest BCUT2D eigenvalue weighted by Gasteiger charge is 2.34. The number of aliphatic imine (C=N–C) groups is 1. The second-order valence-electron chi connectivity index (χ2n) is 6.26. The first-order valence-electron chi connectivity index (χ1n) is 9.07. The van der Waals surface area contributed by atoms with E-state index in [1.165, 1.54) is 23.9 Å². The van der Waals surface area contributed by atoms with Crippen LogP contribution >= 0.6 is 11.8 Å². The van der Waals surface area contributed by atoms with Crippen molar-refractivity contribution >= 4 is 34.3 Å². The van der Waals surface area contributed by atoms with Gasteiger partial charge in [-0.05, 0) is 49.9 Å². The van der Waals surface area contributed by atoms with E-state index in [4.69, 9.17) is 9.73 Å². The van der Waals surface area contributed by atoms with E-state index in [0.717, 1.165) is 16.6 Å². The number of anilines is 1. The molecule has 0 bridgehead atoms. The fourth-order valence-electron chi connectivity index (χ4n) is 3.21. The molecule has 0 saturated heterocycles. The number of nitro groups is 1. The monoisotopic (exact) mass is 411 g/mol. The Morgan fingerprint density at radius 1 is 1.21 bits per heavy atom. The lowest BCUT2D eigenvalue weighted by molar-refractivity contribution is -0.384. The van der Waals surface area contributed by atoms with Gasteiger partial charge in [0.25, 0.3) is 5.69 Å². The molecule has 3 rings (SSSR count). The number of carbonyl (C=O) groups excluding carboxylic acids is 1. The van der Waals surface area contributed by atoms with Crippen LogP contribution in [0.5, 0.6) is 0 Å². The summed E-state index contributed by atoms with van der Waals surface area (Å²) in [5.41, 5.74) is 2.71. The lowest BCUT2D eigenvalue weighted by Crippen LogP contribution is -2.35. The number of esters is 1. The highest BCUT2D eigenvalue weighted by molar-refractivity contribution is 8.13. The second-order valence-corrected chi connectivity index (χ2v) is 7.03. The maximum absolute atomic E-state index is 12.8. The fourth-order valence-corrected chi connectivity index (χ4v) is 3.84. The van der Waals surface area contributed by atoms with Gasteiger partial charge in [0.1, 0.15) is 6.04 Å². The van der Waals surface area contributed by atoms with Gasteiger partial charge in [0.15, 0.2) is 5.17 Å². The van der Waals surface area contributed by atoms with Gasteiger partial charge in [-0.15, -0.1) is 0 Å². The van der Waals surface area contributed by atoms with Gasteiger partial charge in [0.05, 0.1) is 17.1 Å². The molecule has 0 amide bonds. The number of benzene rings is 2. The minimum Gasteiger partial charge on any atom is -0.463 e. The zero-order valence-corrected chi connectivity index (χ0v) is 17.2. The Morgan fingerprint density at radius 2 is 1.86 bits per heavy atom. The SMILES string of the molecule is CCOC(=O)C1=C(C)N(c2ccccc2)C(SC)=NC1c1ccc([N+](=O)[O-])cc1. The Kier molecular flexibility index (Phi) is 6.33. The number of allylic oxidation sites excluding steroid dienone is 1. The number of hydrogen-bond donors (Lipinski definition) is 0. The van der Waals surface area contributed by atoms with Crippen LogP contribution in [-0.4, -0.2) is 28.9 Å². The van der Waals surface area contributed by atoms with Crippen LogP contribution in [0.2, 0.25) is 0 Å². The van der Waals surface area contributed by atoms with Crippen LogP contribution in [0.1, 0.15) is 25.5 Å². The average Bonchev–Trinajstić information content (AvgIpc) is 2.73. The number of non-ortho nitro benzene ring substituents is 1. The zero-order chi connectivity index (χ0) is 21.0. The number of rotatable bonds is 5. The molecule has 8 heteroatoms. The van der Waals surface area contributed by atoms with Crippen molar-refractivity contribution in [3.63, 3.8) is 0 Å². The number of thioether (sulfide) groups is 1. The van der Waals surface area contributed by atoms with Crippen molar-refractivity contribution in [1.82, 2.24) is 0 Å². The lowest BCUT2D eigenvalue weighted by atomic mass is 9.95. The Morgan fingerprint density at radius 3 is 2.41 bits per heavy atom. The molecule has 2 aromatic carbocycles. The van der Waals surface area contributed by atoms with Gasteiger partial charge in [-0.25, -0.2) is 9.79 Å². The summed E-state index contributed by atoms with van der Waals surface area (Å²) in [5, 5.41) is 11.7. The third-order valence-electron chi connectivity index (χ3n) is 4.54. The molecule has 29 heavy (non-hydrogen) atoms. The highest BCUT2D eigenvalue weighted by Crippen LogP contribution is 2.39. The van der Waals surface area contributed by atoms with E-state index in [-0.39, 0.29) is 12.3 Å². The van der Waals surface area contributed by atoms with E-state index in [1.54, 1.807) is 19.1 Å². The summed E-state index contributed by atoms with van der Waals surface area (Å²) in [4.78, 5) is 30.1. The number of para-hydroxylation sites is 1. The highest BCUT2D eigenvalue weighted by atomic mass is 32.2. The largest absolute Gasteiger partial charge is 0.463 e. The smallest absolute Gasteiger partial charge is 0.338 e. The van der Waals surface area contributed by atoms with Crippen molar-refractivity contribution in [3.05, 3.63) is 81.5 Å². The average molecular weight is 411 g/mol. The van der Waals surface area contributed by atoms with Gasteiger partial charge >= 0.3 is 5.97 Å². The van der Waals surface area contributed by atoms with Gasteiger partial charge < -0.3 is 4.74 Å². The molecule has 0 aliphatic carbocycles. The molecular formula is C21H21N3O4S. The molecule has 1 aliphatic heterocycles. The van der Waals surface area contributed by atoms with Crippen molar-refractivity contribution < 1.29 is 14.5 Å². The van der Waals surface area contributed by atoms with Crippen LogP contribution in [-0.2, 0) is 9.53 Å². The molecule has 0 fully saturated rings. The number of hydrogen-bond acceptors (Lipinski definition) is 7. The van der Waals surface area contributed by atoms with Crippen LogP contribution in [0.4, 0.5) is 11.4 Å². The van der Waals surface area contributed by atoms with Crippen molar-refractivity contribution in [2.45, 2.75) is 19.9 Å². The molecule has 0 spiro atoms. The molecule has 0 saturated carbocycles. The van der Waals surface area contributed by atoms with Crippen LogP contribution in [0, 0.1) is 10.1 Å². The maximum atomic E-state index is 12.8. The third kappa shape index (κ3) is 4.17. The minimum absolute atomic E-state index is 0.0112. The van der Waals surface area contributed by atoms with Gasteiger partial charge in [0, 0.05) is 23.5 Å². The molecule has 1 aliphatic rings.